The Hall–Kier alpha value is -1.08. The Morgan fingerprint density at radius 3 is 1.86 bits per heavy atom. The summed E-state index contributed by atoms with van der Waals surface area (Å²) in [6, 6.07) is 0. The van der Waals surface area contributed by atoms with E-state index in [1.165, 1.54) is 0 Å². The van der Waals surface area contributed by atoms with Crippen molar-refractivity contribution in [2.45, 2.75) is 62.1 Å². The van der Waals surface area contributed by atoms with E-state index in [1.807, 2.05) is 0 Å². The first kappa shape index (κ1) is 21.6. The molecular weight excluding hydrogens is 422 g/mol. The fraction of sp³-hybridized carbons (Fsp3) is 0.933. The Bertz CT molecular complexity index is 745. The largest absolute Gasteiger partial charge is 0.748 e. The zero-order valence-electron chi connectivity index (χ0n) is 14.3. The number of ether oxygens (including phenoxy) is 1. The number of rotatable bonds is 4. The van der Waals surface area contributed by atoms with Gasteiger partial charge in [-0.05, 0) is 50.4 Å². The van der Waals surface area contributed by atoms with Crippen LogP contribution >= 0.6 is 0 Å². The Kier molecular flexibility index (Phi) is 4.61. The average Bonchev–Trinajstić information content (AvgIpc) is 2.39. The molecule has 2 atom stereocenters. The lowest BCUT2D eigenvalue weighted by Gasteiger charge is -2.59. The average molecular weight is 439 g/mol. The van der Waals surface area contributed by atoms with E-state index in [0.29, 0.717) is 6.42 Å². The van der Waals surface area contributed by atoms with E-state index in [2.05, 4.69) is 4.74 Å². The minimum Gasteiger partial charge on any atom is -0.748 e. The first-order chi connectivity index (χ1) is 12.4. The number of halogens is 6. The molecule has 4 rings (SSSR count). The van der Waals surface area contributed by atoms with E-state index in [-0.39, 0.29) is 43.9 Å². The van der Waals surface area contributed by atoms with Gasteiger partial charge in [0.05, 0.1) is 26.9 Å². The Morgan fingerprint density at radius 2 is 1.50 bits per heavy atom. The number of hydrogen-bond acceptors (Lipinski definition) is 6. The summed E-state index contributed by atoms with van der Waals surface area (Å²) in [5, 5.41) is 10.5. The predicted molar refractivity (Wildman–Crippen MR) is 77.6 cm³/mol. The highest BCUT2D eigenvalue weighted by atomic mass is 32.2. The van der Waals surface area contributed by atoms with E-state index in [9.17, 15) is 49.2 Å². The van der Waals surface area contributed by atoms with Gasteiger partial charge in [0.1, 0.15) is 0 Å². The maximum atomic E-state index is 13.4. The van der Waals surface area contributed by atoms with Crippen LogP contribution in [0.4, 0.5) is 26.3 Å². The normalized spacial score (nSPS) is 35.9. The number of carbonyl (C=O) groups excluding carboxylic acids is 1. The van der Waals surface area contributed by atoms with E-state index < -0.39 is 50.8 Å². The SMILES string of the molecule is O=C(OC(CS(=O)(=O)[O-])(C(F)(F)F)C(F)(F)F)C12CC3CC(CC(O)(C3)C1)C2. The third kappa shape index (κ3) is 3.49. The minimum atomic E-state index is -6.39. The fourth-order valence-electron chi connectivity index (χ4n) is 5.44. The van der Waals surface area contributed by atoms with Crippen molar-refractivity contribution in [2.75, 3.05) is 5.75 Å². The summed E-state index contributed by atoms with van der Waals surface area (Å²) in [7, 11) is -6.08. The molecule has 2 unspecified atom stereocenters. The van der Waals surface area contributed by atoms with Crippen molar-refractivity contribution < 1.29 is 54.0 Å². The molecule has 0 spiro atoms. The van der Waals surface area contributed by atoms with E-state index in [0.717, 1.165) is 0 Å². The molecule has 4 bridgehead atoms. The highest BCUT2D eigenvalue weighted by Crippen LogP contribution is 2.62. The zero-order chi connectivity index (χ0) is 21.4. The number of carbonyl (C=O) groups is 1. The molecule has 0 aliphatic heterocycles. The molecule has 4 aliphatic carbocycles. The van der Waals surface area contributed by atoms with Crippen molar-refractivity contribution in [3.8, 4) is 0 Å². The summed E-state index contributed by atoms with van der Waals surface area (Å²) in [5.74, 6) is -5.40. The molecule has 4 aliphatic rings. The van der Waals surface area contributed by atoms with Crippen LogP contribution in [-0.4, -0.2) is 53.4 Å². The third-order valence-electron chi connectivity index (χ3n) is 6.03. The molecule has 13 heteroatoms. The number of alkyl halides is 6. The lowest BCUT2D eigenvalue weighted by molar-refractivity contribution is -0.364. The standard InChI is InChI=1S/C15H18F6O6S/c16-14(17,18)13(15(19,20)21,7-28(24,25)26)27-10(22)11-2-8-1-9(3-11)5-12(23,4-8)6-11/h8-9,23H,1-7H2,(H,24,25,26)/p-1. The highest BCUT2D eigenvalue weighted by Gasteiger charge is 2.76. The maximum Gasteiger partial charge on any atom is 0.438 e. The van der Waals surface area contributed by atoms with Gasteiger partial charge < -0.3 is 14.4 Å². The summed E-state index contributed by atoms with van der Waals surface area (Å²) in [5.41, 5.74) is -8.62. The third-order valence-corrected chi connectivity index (χ3v) is 6.79. The monoisotopic (exact) mass is 439 g/mol. The molecule has 0 heterocycles. The zero-order valence-corrected chi connectivity index (χ0v) is 15.1. The summed E-state index contributed by atoms with van der Waals surface area (Å²) >= 11 is 0. The lowest BCUT2D eigenvalue weighted by Crippen LogP contribution is -2.66. The summed E-state index contributed by atoms with van der Waals surface area (Å²) in [4.78, 5) is 12.6. The van der Waals surface area contributed by atoms with Gasteiger partial charge in [-0.3, -0.25) is 4.79 Å². The molecule has 4 fully saturated rings. The fourth-order valence-corrected chi connectivity index (χ4v) is 6.32. The summed E-state index contributed by atoms with van der Waals surface area (Å²) in [6.07, 6.45) is -12.1. The maximum absolute atomic E-state index is 13.4. The summed E-state index contributed by atoms with van der Waals surface area (Å²) < 4.78 is 117. The molecule has 0 aromatic rings. The van der Waals surface area contributed by atoms with Crippen molar-refractivity contribution in [1.82, 2.24) is 0 Å². The van der Waals surface area contributed by atoms with Gasteiger partial charge in [-0.2, -0.15) is 26.3 Å². The molecule has 162 valence electrons. The van der Waals surface area contributed by atoms with Crippen LogP contribution in [0.1, 0.15) is 38.5 Å². The highest BCUT2D eigenvalue weighted by molar-refractivity contribution is 7.85. The van der Waals surface area contributed by atoms with Crippen LogP contribution in [0.25, 0.3) is 0 Å². The van der Waals surface area contributed by atoms with Crippen LogP contribution < -0.4 is 0 Å². The first-order valence-electron chi connectivity index (χ1n) is 8.43. The molecule has 0 saturated heterocycles. The number of hydrogen-bond donors (Lipinski definition) is 1. The molecular formula is C15H17F6O6S-. The molecule has 0 radical (unpaired) electrons. The molecule has 0 amide bonds. The van der Waals surface area contributed by atoms with E-state index in [4.69, 9.17) is 0 Å². The van der Waals surface area contributed by atoms with Crippen LogP contribution in [0.3, 0.4) is 0 Å². The predicted octanol–water partition coefficient (Wildman–Crippen LogP) is 2.27. The molecule has 1 N–H and O–H groups in total. The Morgan fingerprint density at radius 1 is 1.04 bits per heavy atom. The van der Waals surface area contributed by atoms with Gasteiger partial charge in [0.2, 0.25) is 0 Å². The van der Waals surface area contributed by atoms with Gasteiger partial charge in [-0.25, -0.2) is 8.42 Å². The van der Waals surface area contributed by atoms with Crippen LogP contribution in [0.5, 0.6) is 0 Å². The smallest absolute Gasteiger partial charge is 0.438 e. The number of esters is 1. The number of aliphatic hydroxyl groups is 1. The quantitative estimate of drug-likeness (QED) is 0.410. The van der Waals surface area contributed by atoms with Gasteiger partial charge in [-0.1, -0.05) is 0 Å². The van der Waals surface area contributed by atoms with Crippen LogP contribution in [0, 0.1) is 17.3 Å². The second-order valence-electron chi connectivity index (χ2n) is 8.38. The van der Waals surface area contributed by atoms with Crippen molar-refractivity contribution in [1.29, 1.82) is 0 Å². The Labute approximate surface area is 156 Å². The van der Waals surface area contributed by atoms with Crippen molar-refractivity contribution >= 4 is 16.1 Å². The van der Waals surface area contributed by atoms with Gasteiger partial charge in [-0.15, -0.1) is 0 Å². The van der Waals surface area contributed by atoms with E-state index >= 15 is 0 Å². The Balaban J connectivity index is 2.00. The summed E-state index contributed by atoms with van der Waals surface area (Å²) in [6.45, 7) is 0. The van der Waals surface area contributed by atoms with Crippen LogP contribution in [0.2, 0.25) is 0 Å². The van der Waals surface area contributed by atoms with Gasteiger partial charge in [0, 0.05) is 0 Å². The second kappa shape index (κ2) is 5.97. The van der Waals surface area contributed by atoms with Crippen LogP contribution in [-0.2, 0) is 19.6 Å². The topological polar surface area (TPSA) is 104 Å². The van der Waals surface area contributed by atoms with Gasteiger partial charge in [0.25, 0.3) is 0 Å². The van der Waals surface area contributed by atoms with Crippen molar-refractivity contribution in [2.24, 2.45) is 17.3 Å². The van der Waals surface area contributed by atoms with Crippen molar-refractivity contribution in [3.63, 3.8) is 0 Å². The molecule has 28 heavy (non-hydrogen) atoms. The molecule has 0 aromatic heterocycles. The van der Waals surface area contributed by atoms with E-state index in [1.54, 1.807) is 0 Å². The molecule has 0 aromatic carbocycles. The lowest BCUT2D eigenvalue weighted by atomic mass is 9.48. The second-order valence-corrected chi connectivity index (χ2v) is 9.78. The van der Waals surface area contributed by atoms with Crippen molar-refractivity contribution in [3.05, 3.63) is 0 Å². The van der Waals surface area contributed by atoms with Crippen LogP contribution in [0.15, 0.2) is 0 Å². The molecule has 6 nitrogen and oxygen atoms in total. The first-order valence-corrected chi connectivity index (χ1v) is 10.0. The molecule has 4 saturated carbocycles. The van der Waals surface area contributed by atoms with Gasteiger partial charge in [0.15, 0.2) is 0 Å². The van der Waals surface area contributed by atoms with Gasteiger partial charge >= 0.3 is 23.9 Å². The minimum absolute atomic E-state index is 0.0550.